The molecular weight excluding hydrogens is 336 g/mol. The number of anilines is 1. The Bertz CT molecular complexity index is 936. The van der Waals surface area contributed by atoms with Crippen molar-refractivity contribution in [1.29, 1.82) is 0 Å². The van der Waals surface area contributed by atoms with E-state index in [1.165, 1.54) is 10.9 Å². The first-order valence-electron chi connectivity index (χ1n) is 7.84. The summed E-state index contributed by atoms with van der Waals surface area (Å²) in [5.74, 6) is 0.791. The van der Waals surface area contributed by atoms with Gasteiger partial charge in [0, 0.05) is 12.6 Å². The lowest BCUT2D eigenvalue weighted by molar-refractivity contribution is -0.137. The van der Waals surface area contributed by atoms with Crippen LogP contribution in [0.1, 0.15) is 17.1 Å². The molecule has 0 fully saturated rings. The Labute approximate surface area is 149 Å². The van der Waals surface area contributed by atoms with Crippen molar-refractivity contribution in [3.63, 3.8) is 0 Å². The van der Waals surface area contributed by atoms with Gasteiger partial charge in [-0.2, -0.15) is 5.10 Å². The lowest BCUT2D eigenvalue weighted by Crippen LogP contribution is -2.12. The van der Waals surface area contributed by atoms with Crippen molar-refractivity contribution in [1.82, 2.24) is 24.7 Å². The molecule has 0 spiro atoms. The molecule has 3 N–H and O–H groups in total. The number of nitrogen functional groups attached to an aromatic ring is 1. The van der Waals surface area contributed by atoms with Crippen LogP contribution in [0, 0.1) is 6.92 Å². The first kappa shape index (κ1) is 17.3. The normalized spacial score (nSPS) is 10.7. The van der Waals surface area contributed by atoms with Crippen LogP contribution in [-0.2, 0) is 17.8 Å². The Morgan fingerprint density at radius 3 is 2.62 bits per heavy atom. The van der Waals surface area contributed by atoms with Gasteiger partial charge in [0.25, 0.3) is 0 Å². The number of rotatable bonds is 6. The number of ether oxygens (including phenoxy) is 1. The molecule has 26 heavy (non-hydrogen) atoms. The number of nitrogens with zero attached hydrogens (tertiary/aromatic N) is 5. The largest absolute Gasteiger partial charge is 0.497 e. The number of aliphatic carboxylic acids is 1. The number of aryl methyl sites for hydroxylation is 1. The number of methoxy groups -OCH3 is 1. The highest BCUT2D eigenvalue weighted by atomic mass is 16.5. The number of carbonyl (C=O) groups is 1. The Morgan fingerprint density at radius 1 is 1.27 bits per heavy atom. The summed E-state index contributed by atoms with van der Waals surface area (Å²) < 4.78 is 6.48. The van der Waals surface area contributed by atoms with Gasteiger partial charge in [-0.15, -0.1) is 0 Å². The van der Waals surface area contributed by atoms with Crippen LogP contribution in [0.15, 0.2) is 30.5 Å². The molecule has 0 bridgehead atoms. The van der Waals surface area contributed by atoms with Crippen molar-refractivity contribution in [2.24, 2.45) is 0 Å². The number of benzene rings is 1. The average molecular weight is 354 g/mol. The quantitative estimate of drug-likeness (QED) is 0.678. The van der Waals surface area contributed by atoms with E-state index in [2.05, 4.69) is 20.1 Å². The first-order chi connectivity index (χ1) is 12.5. The molecule has 0 aliphatic rings. The Hall–Kier alpha value is -3.49. The van der Waals surface area contributed by atoms with Crippen LogP contribution in [-0.4, -0.2) is 42.9 Å². The molecule has 0 atom stereocenters. The van der Waals surface area contributed by atoms with Gasteiger partial charge >= 0.3 is 5.97 Å². The van der Waals surface area contributed by atoms with Crippen molar-refractivity contribution in [2.75, 3.05) is 12.8 Å². The zero-order valence-corrected chi connectivity index (χ0v) is 14.4. The minimum absolute atomic E-state index is 0.147. The number of hydrogen-bond acceptors (Lipinski definition) is 7. The summed E-state index contributed by atoms with van der Waals surface area (Å²) in [5.41, 5.74) is 7.76. The summed E-state index contributed by atoms with van der Waals surface area (Å²) in [7, 11) is 1.60. The highest BCUT2D eigenvalue weighted by molar-refractivity contribution is 5.68. The second-order valence-electron chi connectivity index (χ2n) is 5.66. The minimum Gasteiger partial charge on any atom is -0.497 e. The summed E-state index contributed by atoms with van der Waals surface area (Å²) >= 11 is 0. The monoisotopic (exact) mass is 354 g/mol. The molecule has 0 amide bonds. The number of nitrogens with two attached hydrogens (primary N) is 1. The smallest absolute Gasteiger partial charge is 0.325 e. The summed E-state index contributed by atoms with van der Waals surface area (Å²) in [5, 5.41) is 13.5. The molecule has 9 heteroatoms. The van der Waals surface area contributed by atoms with Gasteiger partial charge in [0.05, 0.1) is 18.4 Å². The lowest BCUT2D eigenvalue weighted by Gasteiger charge is -2.05. The van der Waals surface area contributed by atoms with E-state index in [1.54, 1.807) is 14.0 Å². The highest BCUT2D eigenvalue weighted by Gasteiger charge is 2.17. The van der Waals surface area contributed by atoms with Crippen molar-refractivity contribution < 1.29 is 14.6 Å². The van der Waals surface area contributed by atoms with Crippen LogP contribution >= 0.6 is 0 Å². The SMILES string of the molecule is COc1ccc(Cc2nc(-c3cnc(N)nc3C)n(CC(=O)O)n2)cc1. The second-order valence-corrected chi connectivity index (χ2v) is 5.66. The fraction of sp³-hybridized carbons (Fsp3) is 0.235. The highest BCUT2D eigenvalue weighted by Crippen LogP contribution is 2.21. The van der Waals surface area contributed by atoms with E-state index in [9.17, 15) is 4.79 Å². The number of hydrogen-bond donors (Lipinski definition) is 2. The summed E-state index contributed by atoms with van der Waals surface area (Å²) in [6.45, 7) is 1.45. The Kier molecular flexibility index (Phi) is 4.78. The minimum atomic E-state index is -1.01. The van der Waals surface area contributed by atoms with Gasteiger partial charge in [0.1, 0.15) is 12.3 Å². The molecule has 3 aromatic rings. The Morgan fingerprint density at radius 2 is 2.00 bits per heavy atom. The maximum absolute atomic E-state index is 11.2. The summed E-state index contributed by atoms with van der Waals surface area (Å²) in [6, 6.07) is 7.52. The van der Waals surface area contributed by atoms with Gasteiger partial charge in [0.15, 0.2) is 11.6 Å². The fourth-order valence-electron chi connectivity index (χ4n) is 2.53. The molecule has 3 rings (SSSR count). The van der Waals surface area contributed by atoms with E-state index in [0.29, 0.717) is 29.3 Å². The van der Waals surface area contributed by atoms with Crippen molar-refractivity contribution >= 4 is 11.9 Å². The number of aromatic nitrogens is 5. The van der Waals surface area contributed by atoms with Crippen LogP contribution in [0.2, 0.25) is 0 Å². The van der Waals surface area contributed by atoms with Gasteiger partial charge in [-0.25, -0.2) is 19.6 Å². The van der Waals surface area contributed by atoms with Crippen LogP contribution in [0.3, 0.4) is 0 Å². The summed E-state index contributed by atoms with van der Waals surface area (Å²) in [6.07, 6.45) is 1.98. The standard InChI is InChI=1S/C17H18N6O3/c1-10-13(8-19-17(18)20-10)16-21-14(22-23(16)9-15(24)25)7-11-3-5-12(26-2)6-4-11/h3-6,8H,7,9H2,1-2H3,(H,24,25)(H2,18,19,20). The molecular formula is C17H18N6O3. The third-order valence-corrected chi connectivity index (χ3v) is 3.76. The fourth-order valence-corrected chi connectivity index (χ4v) is 2.53. The van der Waals surface area contributed by atoms with Crippen LogP contribution < -0.4 is 10.5 Å². The third kappa shape index (κ3) is 3.77. The number of carboxylic acids is 1. The van der Waals surface area contributed by atoms with Gasteiger partial charge in [-0.3, -0.25) is 4.79 Å². The molecule has 0 aliphatic carbocycles. The molecule has 0 radical (unpaired) electrons. The van der Waals surface area contributed by atoms with Crippen LogP contribution in [0.25, 0.3) is 11.4 Å². The maximum Gasteiger partial charge on any atom is 0.325 e. The molecule has 1 aromatic carbocycles. The van der Waals surface area contributed by atoms with E-state index in [-0.39, 0.29) is 12.5 Å². The zero-order chi connectivity index (χ0) is 18.7. The first-order valence-corrected chi connectivity index (χ1v) is 7.84. The van der Waals surface area contributed by atoms with Crippen molar-refractivity contribution in [3.05, 3.63) is 47.5 Å². The topological polar surface area (TPSA) is 129 Å². The maximum atomic E-state index is 11.2. The van der Waals surface area contributed by atoms with Crippen molar-refractivity contribution in [2.45, 2.75) is 19.9 Å². The molecule has 0 aliphatic heterocycles. The molecule has 134 valence electrons. The zero-order valence-electron chi connectivity index (χ0n) is 14.4. The van der Waals surface area contributed by atoms with E-state index in [4.69, 9.17) is 15.6 Å². The van der Waals surface area contributed by atoms with Crippen LogP contribution in [0.4, 0.5) is 5.95 Å². The lowest BCUT2D eigenvalue weighted by atomic mass is 10.1. The number of carboxylic acid groups (broad SMARTS) is 1. The van der Waals surface area contributed by atoms with E-state index in [0.717, 1.165) is 11.3 Å². The Balaban J connectivity index is 1.96. The van der Waals surface area contributed by atoms with Gasteiger partial charge < -0.3 is 15.6 Å². The van der Waals surface area contributed by atoms with Crippen LogP contribution in [0.5, 0.6) is 5.75 Å². The molecule has 0 saturated carbocycles. The molecule has 2 heterocycles. The molecule has 9 nitrogen and oxygen atoms in total. The molecule has 2 aromatic heterocycles. The molecule has 0 unspecified atom stereocenters. The van der Waals surface area contributed by atoms with Gasteiger partial charge in [0.2, 0.25) is 5.95 Å². The van der Waals surface area contributed by atoms with Gasteiger partial charge in [-0.05, 0) is 24.6 Å². The predicted octanol–water partition coefficient (Wildman–Crippen LogP) is 1.31. The third-order valence-electron chi connectivity index (χ3n) is 3.76. The second kappa shape index (κ2) is 7.18. The average Bonchev–Trinajstić information content (AvgIpc) is 2.97. The van der Waals surface area contributed by atoms with Crippen molar-refractivity contribution in [3.8, 4) is 17.1 Å². The molecule has 0 saturated heterocycles. The van der Waals surface area contributed by atoms with Gasteiger partial charge in [-0.1, -0.05) is 12.1 Å². The summed E-state index contributed by atoms with van der Waals surface area (Å²) in [4.78, 5) is 23.8. The van der Waals surface area contributed by atoms with E-state index in [1.807, 2.05) is 24.3 Å². The van der Waals surface area contributed by atoms with E-state index >= 15 is 0 Å². The van der Waals surface area contributed by atoms with E-state index < -0.39 is 5.97 Å². The predicted molar refractivity (Wildman–Crippen MR) is 93.6 cm³/mol.